The lowest BCUT2D eigenvalue weighted by molar-refractivity contribution is -0.716. The number of unbranched alkanes of at least 4 members (excludes halogenated alkanes) is 1. The summed E-state index contributed by atoms with van der Waals surface area (Å²) in [6, 6.07) is 0. The zero-order valence-electron chi connectivity index (χ0n) is 11.7. The van der Waals surface area contributed by atoms with Crippen LogP contribution in [0.5, 0.6) is 5.88 Å². The van der Waals surface area contributed by atoms with Crippen molar-refractivity contribution in [1.82, 2.24) is 0 Å². The van der Waals surface area contributed by atoms with Gasteiger partial charge < -0.3 is 5.11 Å². The quantitative estimate of drug-likeness (QED) is 0.523. The van der Waals surface area contributed by atoms with Crippen LogP contribution >= 0.6 is 11.3 Å². The molecular formula is C15H22NO2S+. The van der Waals surface area contributed by atoms with Crippen LogP contribution in [0.4, 0.5) is 0 Å². The maximum Gasteiger partial charge on any atom is 0.374 e. The van der Waals surface area contributed by atoms with Gasteiger partial charge in [0.1, 0.15) is 5.56 Å². The van der Waals surface area contributed by atoms with Gasteiger partial charge in [0.05, 0.1) is 5.41 Å². The van der Waals surface area contributed by atoms with Crippen LogP contribution in [-0.4, -0.2) is 5.11 Å². The molecule has 19 heavy (non-hydrogen) atoms. The summed E-state index contributed by atoms with van der Waals surface area (Å²) < 4.78 is 1.96. The minimum atomic E-state index is -0.0147. The second kappa shape index (κ2) is 5.45. The Balaban J connectivity index is 2.44. The summed E-state index contributed by atoms with van der Waals surface area (Å²) in [5.41, 5.74) is 0.562. The van der Waals surface area contributed by atoms with E-state index in [1.54, 1.807) is 0 Å². The molecule has 1 aromatic rings. The van der Waals surface area contributed by atoms with Gasteiger partial charge in [-0.15, -0.1) is 6.58 Å². The van der Waals surface area contributed by atoms with Crippen molar-refractivity contribution in [1.29, 1.82) is 0 Å². The fourth-order valence-corrected chi connectivity index (χ4v) is 3.85. The summed E-state index contributed by atoms with van der Waals surface area (Å²) in [5.74, 6) is 0.190. The minimum Gasteiger partial charge on any atom is -0.459 e. The Morgan fingerprint density at radius 3 is 2.95 bits per heavy atom. The third kappa shape index (κ3) is 2.73. The average Bonchev–Trinajstić information content (AvgIpc) is 2.34. The van der Waals surface area contributed by atoms with E-state index in [2.05, 4.69) is 20.4 Å². The lowest BCUT2D eigenvalue weighted by Crippen LogP contribution is -2.49. The lowest BCUT2D eigenvalue weighted by Gasteiger charge is -2.25. The molecule has 2 rings (SSSR count). The molecule has 104 valence electrons. The molecule has 2 heterocycles. The summed E-state index contributed by atoms with van der Waals surface area (Å²) >= 11 is 1.31. The van der Waals surface area contributed by atoms with E-state index in [0.29, 0.717) is 12.0 Å². The first-order valence-electron chi connectivity index (χ1n) is 6.87. The SMILES string of the molecule is C=CCCCc1c(O)[n+]2c(sc1=O)C(C)(C)CCC2. The van der Waals surface area contributed by atoms with E-state index in [0.717, 1.165) is 37.2 Å². The molecule has 0 saturated carbocycles. The molecule has 0 saturated heterocycles. The first kappa shape index (κ1) is 14.3. The third-order valence-corrected chi connectivity index (χ3v) is 5.20. The number of aromatic nitrogens is 1. The maximum atomic E-state index is 12.2. The number of nitrogens with zero attached hydrogens (tertiary/aromatic N) is 1. The van der Waals surface area contributed by atoms with Crippen molar-refractivity contribution in [3.63, 3.8) is 0 Å². The fourth-order valence-electron chi connectivity index (χ4n) is 2.69. The number of hydrogen-bond donors (Lipinski definition) is 1. The van der Waals surface area contributed by atoms with Gasteiger partial charge in [-0.3, -0.25) is 4.79 Å². The number of fused-ring (bicyclic) bond motifs is 1. The maximum absolute atomic E-state index is 12.2. The highest BCUT2D eigenvalue weighted by Gasteiger charge is 2.39. The molecule has 0 aliphatic carbocycles. The van der Waals surface area contributed by atoms with Gasteiger partial charge >= 0.3 is 5.88 Å². The molecule has 0 aromatic carbocycles. The third-order valence-electron chi connectivity index (χ3n) is 3.80. The van der Waals surface area contributed by atoms with Crippen LogP contribution in [0.1, 0.15) is 50.1 Å². The number of rotatable bonds is 4. The topological polar surface area (TPSA) is 41.2 Å². The van der Waals surface area contributed by atoms with E-state index >= 15 is 0 Å². The van der Waals surface area contributed by atoms with Crippen LogP contribution in [0, 0.1) is 0 Å². The van der Waals surface area contributed by atoms with Gasteiger partial charge in [0.25, 0.3) is 4.74 Å². The molecule has 1 N–H and O–H groups in total. The van der Waals surface area contributed by atoms with Crippen molar-refractivity contribution in [2.75, 3.05) is 0 Å². The van der Waals surface area contributed by atoms with Gasteiger partial charge in [-0.2, -0.15) is 4.57 Å². The predicted octanol–water partition coefficient (Wildman–Crippen LogP) is 2.68. The molecule has 3 nitrogen and oxygen atoms in total. The molecule has 0 bridgehead atoms. The summed E-state index contributed by atoms with van der Waals surface area (Å²) in [7, 11) is 0. The fraction of sp³-hybridized carbons (Fsp3) is 0.600. The van der Waals surface area contributed by atoms with Crippen LogP contribution in [0.2, 0.25) is 0 Å². The van der Waals surface area contributed by atoms with E-state index in [1.807, 2.05) is 10.6 Å². The van der Waals surface area contributed by atoms with Crippen LogP contribution in [0.15, 0.2) is 17.4 Å². The largest absolute Gasteiger partial charge is 0.459 e. The molecule has 0 atom stereocenters. The Hall–Kier alpha value is -1.16. The summed E-state index contributed by atoms with van der Waals surface area (Å²) in [6.45, 7) is 8.79. The Bertz CT molecular complexity index is 546. The summed E-state index contributed by atoms with van der Waals surface area (Å²) in [5, 5.41) is 11.4. The molecule has 4 heteroatoms. The van der Waals surface area contributed by atoms with Gasteiger partial charge in [0.15, 0.2) is 6.54 Å². The smallest absolute Gasteiger partial charge is 0.374 e. The van der Waals surface area contributed by atoms with Crippen molar-refractivity contribution in [2.45, 2.75) is 57.9 Å². The normalized spacial score (nSPS) is 16.9. The van der Waals surface area contributed by atoms with Crippen LogP contribution in [0.25, 0.3) is 0 Å². The molecule has 1 aliphatic heterocycles. The van der Waals surface area contributed by atoms with Gasteiger partial charge in [0.2, 0.25) is 5.01 Å². The van der Waals surface area contributed by atoms with Crippen molar-refractivity contribution < 1.29 is 9.67 Å². The molecule has 0 amide bonds. The molecule has 0 fully saturated rings. The molecule has 0 unspecified atom stereocenters. The average molecular weight is 280 g/mol. The number of aromatic hydroxyl groups is 1. The van der Waals surface area contributed by atoms with Gasteiger partial charge in [0, 0.05) is 6.42 Å². The highest BCUT2D eigenvalue weighted by molar-refractivity contribution is 7.08. The van der Waals surface area contributed by atoms with Crippen LogP contribution in [0.3, 0.4) is 0 Å². The molecular weight excluding hydrogens is 258 g/mol. The van der Waals surface area contributed by atoms with Crippen molar-refractivity contribution in [3.05, 3.63) is 32.8 Å². The monoisotopic (exact) mass is 280 g/mol. The summed E-state index contributed by atoms with van der Waals surface area (Å²) in [6.07, 6.45) is 6.33. The van der Waals surface area contributed by atoms with E-state index < -0.39 is 0 Å². The zero-order valence-corrected chi connectivity index (χ0v) is 12.6. The first-order chi connectivity index (χ1) is 8.97. The van der Waals surface area contributed by atoms with E-state index in [9.17, 15) is 9.90 Å². The van der Waals surface area contributed by atoms with Crippen LogP contribution < -0.4 is 9.31 Å². The van der Waals surface area contributed by atoms with Gasteiger partial charge in [-0.25, -0.2) is 0 Å². The van der Waals surface area contributed by atoms with Gasteiger partial charge in [-0.1, -0.05) is 6.08 Å². The second-order valence-corrected chi connectivity index (χ2v) is 6.78. The predicted molar refractivity (Wildman–Crippen MR) is 77.8 cm³/mol. The van der Waals surface area contributed by atoms with Crippen molar-refractivity contribution in [2.24, 2.45) is 0 Å². The summed E-state index contributed by atoms with van der Waals surface area (Å²) in [4.78, 5) is 12.2. The highest BCUT2D eigenvalue weighted by atomic mass is 32.1. The van der Waals surface area contributed by atoms with E-state index in [1.165, 1.54) is 11.3 Å². The Morgan fingerprint density at radius 1 is 1.53 bits per heavy atom. The van der Waals surface area contributed by atoms with E-state index in [-0.39, 0.29) is 16.0 Å². The van der Waals surface area contributed by atoms with E-state index in [4.69, 9.17) is 0 Å². The molecule has 1 aliphatic rings. The standard InChI is InChI=1S/C15H21NO2S/c1-4-5-6-8-11-12(17)16-10-7-9-15(2,3)14(16)19-13(11)18/h4H,1,5-10H2,2-3H3/p+1. The Kier molecular flexibility index (Phi) is 4.09. The molecule has 0 spiro atoms. The lowest BCUT2D eigenvalue weighted by atomic mass is 9.86. The van der Waals surface area contributed by atoms with Gasteiger partial charge in [-0.05, 0) is 50.9 Å². The zero-order chi connectivity index (χ0) is 14.0. The van der Waals surface area contributed by atoms with Crippen molar-refractivity contribution in [3.8, 4) is 5.88 Å². The van der Waals surface area contributed by atoms with Crippen LogP contribution in [-0.2, 0) is 18.4 Å². The Labute approximate surface area is 118 Å². The number of hydrogen-bond acceptors (Lipinski definition) is 3. The molecule has 0 radical (unpaired) electrons. The Morgan fingerprint density at radius 2 is 2.26 bits per heavy atom. The number of allylic oxidation sites excluding steroid dienone is 1. The van der Waals surface area contributed by atoms with Crippen molar-refractivity contribution >= 4 is 11.3 Å². The highest BCUT2D eigenvalue weighted by Crippen LogP contribution is 2.32. The minimum absolute atomic E-state index is 0.0147. The second-order valence-electron chi connectivity index (χ2n) is 5.82. The first-order valence-corrected chi connectivity index (χ1v) is 7.69. The molecule has 1 aromatic heterocycles.